The molecule has 1 aliphatic rings. The standard InChI is InChI=1S/C16H27N3OS/c1-4-6-15(20)17-13(2)16(14-7-5-12-21-14)19-10-8-18(3)9-11-19/h5,7,12-13,16H,4,6,8-11H2,1-3H3,(H,17,20)/t13-,16+/m0/s1. The topological polar surface area (TPSA) is 35.6 Å². The molecule has 118 valence electrons. The minimum atomic E-state index is 0.145. The van der Waals surface area contributed by atoms with Crippen LogP contribution in [0.15, 0.2) is 17.5 Å². The number of thiophene rings is 1. The molecular weight excluding hydrogens is 282 g/mol. The highest BCUT2D eigenvalue weighted by atomic mass is 32.1. The van der Waals surface area contributed by atoms with Gasteiger partial charge in [0.25, 0.3) is 0 Å². The number of nitrogens with one attached hydrogen (secondary N) is 1. The number of likely N-dealkylation sites (N-methyl/N-ethyl adjacent to an activating group) is 1. The van der Waals surface area contributed by atoms with Gasteiger partial charge in [-0.1, -0.05) is 13.0 Å². The lowest BCUT2D eigenvalue weighted by Crippen LogP contribution is -2.51. The minimum absolute atomic E-state index is 0.145. The summed E-state index contributed by atoms with van der Waals surface area (Å²) < 4.78 is 0. The van der Waals surface area contributed by atoms with E-state index in [2.05, 4.69) is 46.6 Å². The van der Waals surface area contributed by atoms with Gasteiger partial charge in [0.15, 0.2) is 0 Å². The van der Waals surface area contributed by atoms with E-state index in [1.165, 1.54) is 4.88 Å². The normalized spacial score (nSPS) is 20.1. The summed E-state index contributed by atoms with van der Waals surface area (Å²) in [6.45, 7) is 8.49. The number of nitrogens with zero attached hydrogens (tertiary/aromatic N) is 2. The first-order valence-electron chi connectivity index (χ1n) is 7.87. The largest absolute Gasteiger partial charge is 0.352 e. The van der Waals surface area contributed by atoms with E-state index in [0.29, 0.717) is 12.5 Å². The van der Waals surface area contributed by atoms with Gasteiger partial charge >= 0.3 is 0 Å². The molecule has 1 saturated heterocycles. The molecule has 1 aliphatic heterocycles. The second-order valence-electron chi connectivity index (χ2n) is 5.91. The van der Waals surface area contributed by atoms with Crippen LogP contribution in [-0.2, 0) is 4.79 Å². The molecule has 1 aromatic rings. The van der Waals surface area contributed by atoms with E-state index < -0.39 is 0 Å². The Hall–Kier alpha value is -0.910. The SMILES string of the molecule is CCCC(=O)N[C@@H](C)[C@H](c1cccs1)N1CCN(C)CC1. The fourth-order valence-electron chi connectivity index (χ4n) is 2.93. The van der Waals surface area contributed by atoms with Crippen LogP contribution in [0.4, 0.5) is 0 Å². The molecule has 0 aliphatic carbocycles. The number of carbonyl (C=O) groups excluding carboxylic acids is 1. The summed E-state index contributed by atoms with van der Waals surface area (Å²) >= 11 is 1.79. The van der Waals surface area contributed by atoms with E-state index in [1.54, 1.807) is 11.3 Å². The van der Waals surface area contributed by atoms with Gasteiger partial charge in [-0.25, -0.2) is 0 Å². The van der Waals surface area contributed by atoms with Crippen LogP contribution in [0.5, 0.6) is 0 Å². The van der Waals surface area contributed by atoms with Crippen LogP contribution in [0.25, 0.3) is 0 Å². The first-order valence-corrected chi connectivity index (χ1v) is 8.75. The summed E-state index contributed by atoms with van der Waals surface area (Å²) in [5.41, 5.74) is 0. The molecule has 0 unspecified atom stereocenters. The highest BCUT2D eigenvalue weighted by Crippen LogP contribution is 2.29. The number of amides is 1. The molecule has 1 amide bonds. The summed E-state index contributed by atoms with van der Waals surface area (Å²) in [5.74, 6) is 0.167. The first-order chi connectivity index (χ1) is 10.1. The summed E-state index contributed by atoms with van der Waals surface area (Å²) in [7, 11) is 2.17. The summed E-state index contributed by atoms with van der Waals surface area (Å²) in [5, 5.41) is 5.31. The Balaban J connectivity index is 2.07. The van der Waals surface area contributed by atoms with E-state index in [9.17, 15) is 4.79 Å². The lowest BCUT2D eigenvalue weighted by molar-refractivity contribution is -0.122. The predicted molar refractivity (Wildman–Crippen MR) is 88.6 cm³/mol. The van der Waals surface area contributed by atoms with E-state index in [1.807, 2.05) is 6.92 Å². The summed E-state index contributed by atoms with van der Waals surface area (Å²) in [6.07, 6.45) is 1.51. The van der Waals surface area contributed by atoms with E-state index in [4.69, 9.17) is 0 Å². The van der Waals surface area contributed by atoms with Crippen LogP contribution in [0.1, 0.15) is 37.6 Å². The van der Waals surface area contributed by atoms with Crippen molar-refractivity contribution in [1.82, 2.24) is 15.1 Å². The maximum Gasteiger partial charge on any atom is 0.220 e. The third kappa shape index (κ3) is 4.53. The summed E-state index contributed by atoms with van der Waals surface area (Å²) in [6, 6.07) is 4.73. The van der Waals surface area contributed by atoms with Crippen molar-refractivity contribution in [2.45, 2.75) is 38.8 Å². The number of carbonyl (C=O) groups is 1. The third-order valence-electron chi connectivity index (χ3n) is 4.11. The van der Waals surface area contributed by atoms with Crippen LogP contribution in [0, 0.1) is 0 Å². The number of hydrogen-bond acceptors (Lipinski definition) is 4. The lowest BCUT2D eigenvalue weighted by Gasteiger charge is -2.40. The van der Waals surface area contributed by atoms with Gasteiger partial charge in [0, 0.05) is 43.5 Å². The highest BCUT2D eigenvalue weighted by Gasteiger charge is 2.29. The molecule has 0 spiro atoms. The average Bonchev–Trinajstić information content (AvgIpc) is 2.95. The molecule has 0 aromatic carbocycles. The molecule has 2 atom stereocenters. The molecule has 0 bridgehead atoms. The zero-order valence-electron chi connectivity index (χ0n) is 13.3. The zero-order valence-corrected chi connectivity index (χ0v) is 14.2. The molecule has 5 heteroatoms. The molecule has 2 heterocycles. The van der Waals surface area contributed by atoms with Gasteiger partial charge in [-0.05, 0) is 31.8 Å². The molecule has 1 N–H and O–H groups in total. The van der Waals surface area contributed by atoms with Gasteiger partial charge in [-0.3, -0.25) is 9.69 Å². The van der Waals surface area contributed by atoms with Crippen molar-refractivity contribution in [3.63, 3.8) is 0 Å². The minimum Gasteiger partial charge on any atom is -0.352 e. The molecule has 1 aromatic heterocycles. The van der Waals surface area contributed by atoms with E-state index in [0.717, 1.165) is 32.6 Å². The van der Waals surface area contributed by atoms with Crippen molar-refractivity contribution in [2.75, 3.05) is 33.2 Å². The van der Waals surface area contributed by atoms with Crippen molar-refractivity contribution >= 4 is 17.2 Å². The average molecular weight is 309 g/mol. The second kappa shape index (κ2) is 7.92. The van der Waals surface area contributed by atoms with Gasteiger partial charge in [-0.2, -0.15) is 0 Å². The van der Waals surface area contributed by atoms with Crippen LogP contribution < -0.4 is 5.32 Å². The Kier molecular flexibility index (Phi) is 6.21. The smallest absolute Gasteiger partial charge is 0.220 e. The lowest BCUT2D eigenvalue weighted by atomic mass is 10.0. The molecule has 4 nitrogen and oxygen atoms in total. The second-order valence-corrected chi connectivity index (χ2v) is 6.88. The Morgan fingerprint density at radius 1 is 1.38 bits per heavy atom. The van der Waals surface area contributed by atoms with Crippen LogP contribution in [0.3, 0.4) is 0 Å². The van der Waals surface area contributed by atoms with Gasteiger partial charge in [-0.15, -0.1) is 11.3 Å². The zero-order chi connectivity index (χ0) is 15.2. The molecular formula is C16H27N3OS. The Morgan fingerprint density at radius 2 is 2.10 bits per heavy atom. The quantitative estimate of drug-likeness (QED) is 0.876. The molecule has 21 heavy (non-hydrogen) atoms. The fraction of sp³-hybridized carbons (Fsp3) is 0.688. The maximum absolute atomic E-state index is 11.9. The van der Waals surface area contributed by atoms with Crippen molar-refractivity contribution in [3.05, 3.63) is 22.4 Å². The Bertz CT molecular complexity index is 427. The van der Waals surface area contributed by atoms with E-state index >= 15 is 0 Å². The maximum atomic E-state index is 11.9. The van der Waals surface area contributed by atoms with Gasteiger partial charge in [0.05, 0.1) is 6.04 Å². The van der Waals surface area contributed by atoms with Gasteiger partial charge < -0.3 is 10.2 Å². The predicted octanol–water partition coefficient (Wildman–Crippen LogP) is 2.34. The van der Waals surface area contributed by atoms with Crippen molar-refractivity contribution < 1.29 is 4.79 Å². The Morgan fingerprint density at radius 3 is 2.67 bits per heavy atom. The first kappa shape index (κ1) is 16.5. The van der Waals surface area contributed by atoms with Gasteiger partial charge in [0.2, 0.25) is 5.91 Å². The fourth-order valence-corrected chi connectivity index (χ4v) is 3.90. The van der Waals surface area contributed by atoms with E-state index in [-0.39, 0.29) is 11.9 Å². The van der Waals surface area contributed by atoms with Crippen LogP contribution in [0.2, 0.25) is 0 Å². The summed E-state index contributed by atoms with van der Waals surface area (Å²) in [4.78, 5) is 18.2. The third-order valence-corrected chi connectivity index (χ3v) is 5.05. The Labute approximate surface area is 132 Å². The molecule has 2 rings (SSSR count). The highest BCUT2D eigenvalue weighted by molar-refractivity contribution is 7.10. The van der Waals surface area contributed by atoms with Crippen LogP contribution >= 0.6 is 11.3 Å². The molecule has 0 radical (unpaired) electrons. The van der Waals surface area contributed by atoms with Crippen molar-refractivity contribution in [1.29, 1.82) is 0 Å². The molecule has 0 saturated carbocycles. The number of rotatable bonds is 6. The number of hydrogen-bond donors (Lipinski definition) is 1. The molecule has 1 fully saturated rings. The monoisotopic (exact) mass is 309 g/mol. The van der Waals surface area contributed by atoms with Crippen molar-refractivity contribution in [3.8, 4) is 0 Å². The van der Waals surface area contributed by atoms with Crippen molar-refractivity contribution in [2.24, 2.45) is 0 Å². The number of piperazine rings is 1. The van der Waals surface area contributed by atoms with Crippen LogP contribution in [-0.4, -0.2) is 55.0 Å². The van der Waals surface area contributed by atoms with Gasteiger partial charge in [0.1, 0.15) is 0 Å².